The van der Waals surface area contributed by atoms with Gasteiger partial charge in [-0.3, -0.25) is 0 Å². The number of anilines is 4. The molecule has 0 aliphatic carbocycles. The molecule has 0 radical (unpaired) electrons. The zero-order chi connectivity index (χ0) is 17.7. The summed E-state index contributed by atoms with van der Waals surface area (Å²) in [4.78, 5) is 7.47. The highest BCUT2D eigenvalue weighted by Gasteiger charge is 2.27. The van der Waals surface area contributed by atoms with E-state index in [-0.39, 0.29) is 23.2 Å². The Hall–Kier alpha value is -2.85. The topological polar surface area (TPSA) is 85.1 Å². The van der Waals surface area contributed by atoms with Crippen LogP contribution >= 0.6 is 0 Å². The Morgan fingerprint density at radius 2 is 1.83 bits per heavy atom. The van der Waals surface area contributed by atoms with Gasteiger partial charge < -0.3 is 21.1 Å². The van der Waals surface area contributed by atoms with Crippen LogP contribution in [0.5, 0.6) is 5.75 Å². The van der Waals surface area contributed by atoms with E-state index in [0.29, 0.717) is 5.69 Å². The molecule has 0 aliphatic rings. The van der Waals surface area contributed by atoms with Crippen molar-refractivity contribution in [1.82, 2.24) is 9.97 Å². The van der Waals surface area contributed by atoms with Crippen LogP contribution in [0.3, 0.4) is 0 Å². The monoisotopic (exact) mass is 349 g/mol. The van der Waals surface area contributed by atoms with Crippen molar-refractivity contribution >= 4 is 23.1 Å². The highest BCUT2D eigenvalue weighted by atomic mass is 19.4. The molecule has 0 atom stereocenters. The van der Waals surface area contributed by atoms with Gasteiger partial charge in [-0.15, -0.1) is 0 Å². The van der Waals surface area contributed by atoms with Crippen molar-refractivity contribution in [2.24, 2.45) is 0 Å². The van der Waals surface area contributed by atoms with E-state index in [0.717, 1.165) is 6.20 Å². The van der Waals surface area contributed by atoms with Gasteiger partial charge in [-0.05, 0) is 24.3 Å². The first-order valence-corrected chi connectivity index (χ1v) is 6.48. The maximum Gasteiger partial charge on any atom is 0.405 e. The molecule has 0 spiro atoms. The molecule has 0 saturated carbocycles. The Labute approximate surface area is 132 Å². The Balaban J connectivity index is 2.08. The van der Waals surface area contributed by atoms with Crippen LogP contribution < -0.4 is 21.1 Å². The molecule has 6 nitrogen and oxygen atoms in total. The van der Waals surface area contributed by atoms with Gasteiger partial charge in [0.1, 0.15) is 12.3 Å². The van der Waals surface area contributed by atoms with E-state index in [2.05, 4.69) is 20.0 Å². The summed E-state index contributed by atoms with van der Waals surface area (Å²) in [6.45, 7) is -4.24. The van der Waals surface area contributed by atoms with E-state index < -0.39 is 19.3 Å². The molecule has 0 unspecified atom stereocenters. The van der Waals surface area contributed by atoms with Crippen LogP contribution in [0.25, 0.3) is 0 Å². The normalized spacial score (nSPS) is 11.4. The minimum Gasteiger partial charge on any atom is -0.435 e. The molecular weight excluding hydrogens is 337 g/mol. The molecule has 24 heavy (non-hydrogen) atoms. The number of nitrogen functional groups attached to an aromatic ring is 1. The van der Waals surface area contributed by atoms with Gasteiger partial charge in [-0.25, -0.2) is 4.98 Å². The third-order valence-electron chi connectivity index (χ3n) is 2.61. The van der Waals surface area contributed by atoms with Crippen molar-refractivity contribution in [3.8, 4) is 5.75 Å². The summed E-state index contributed by atoms with van der Waals surface area (Å²) in [7, 11) is 0. The van der Waals surface area contributed by atoms with Gasteiger partial charge in [-0.2, -0.15) is 26.9 Å². The molecule has 1 aromatic heterocycles. The standard InChI is InChI=1S/C13H12F5N5O/c14-11(15)24-8-3-1-7(2-4-8)22-10-9(19)5-20-12(23-10)21-6-13(16,17)18/h1-5,11H,6,19H2,(H2,20,21,22,23). The lowest BCUT2D eigenvalue weighted by atomic mass is 10.3. The number of halogens is 5. The van der Waals surface area contributed by atoms with Crippen LogP contribution in [-0.2, 0) is 0 Å². The molecule has 0 fully saturated rings. The number of nitrogens with two attached hydrogens (primary N) is 1. The number of ether oxygens (including phenoxy) is 1. The van der Waals surface area contributed by atoms with Gasteiger partial charge in [0, 0.05) is 5.69 Å². The predicted molar refractivity (Wildman–Crippen MR) is 77.3 cm³/mol. The summed E-state index contributed by atoms with van der Waals surface area (Å²) in [5.41, 5.74) is 6.17. The summed E-state index contributed by atoms with van der Waals surface area (Å²) < 4.78 is 64.8. The highest BCUT2D eigenvalue weighted by molar-refractivity contribution is 5.69. The zero-order valence-corrected chi connectivity index (χ0v) is 11.9. The van der Waals surface area contributed by atoms with Gasteiger partial charge in [-0.1, -0.05) is 0 Å². The number of hydrogen-bond acceptors (Lipinski definition) is 6. The smallest absolute Gasteiger partial charge is 0.405 e. The van der Waals surface area contributed by atoms with Crippen LogP contribution in [-0.4, -0.2) is 29.3 Å². The Kier molecular flexibility index (Phi) is 5.21. The second-order valence-electron chi connectivity index (χ2n) is 4.49. The minimum atomic E-state index is -4.42. The fourth-order valence-corrected chi connectivity index (χ4v) is 1.61. The third kappa shape index (κ3) is 5.41. The molecule has 2 aromatic rings. The van der Waals surface area contributed by atoms with E-state index in [1.165, 1.54) is 24.3 Å². The number of aromatic nitrogens is 2. The third-order valence-corrected chi connectivity index (χ3v) is 2.61. The van der Waals surface area contributed by atoms with E-state index in [1.54, 1.807) is 0 Å². The zero-order valence-electron chi connectivity index (χ0n) is 11.9. The first-order valence-electron chi connectivity index (χ1n) is 6.48. The second kappa shape index (κ2) is 7.15. The maximum absolute atomic E-state index is 12.2. The molecular formula is C13H12F5N5O. The number of alkyl halides is 5. The van der Waals surface area contributed by atoms with Crippen LogP contribution in [0.2, 0.25) is 0 Å². The highest BCUT2D eigenvalue weighted by Crippen LogP contribution is 2.24. The SMILES string of the molecule is Nc1cnc(NCC(F)(F)F)nc1Nc1ccc(OC(F)F)cc1. The first-order chi connectivity index (χ1) is 11.2. The van der Waals surface area contributed by atoms with Crippen LogP contribution in [0, 0.1) is 0 Å². The van der Waals surface area contributed by atoms with E-state index >= 15 is 0 Å². The Morgan fingerprint density at radius 3 is 2.42 bits per heavy atom. The number of benzene rings is 1. The van der Waals surface area contributed by atoms with Gasteiger partial charge in [0.15, 0.2) is 5.82 Å². The van der Waals surface area contributed by atoms with Crippen LogP contribution in [0.1, 0.15) is 0 Å². The quantitative estimate of drug-likeness (QED) is 0.694. The van der Waals surface area contributed by atoms with E-state index in [9.17, 15) is 22.0 Å². The van der Waals surface area contributed by atoms with Gasteiger partial charge in [0.25, 0.3) is 0 Å². The number of hydrogen-bond donors (Lipinski definition) is 3. The minimum absolute atomic E-state index is 0.0428. The summed E-state index contributed by atoms with van der Waals surface area (Å²) in [5.74, 6) is -0.238. The molecule has 11 heteroatoms. The maximum atomic E-state index is 12.2. The Bertz CT molecular complexity index is 677. The number of nitrogens with one attached hydrogen (secondary N) is 2. The average molecular weight is 349 g/mol. The van der Waals surface area contributed by atoms with Crippen LogP contribution in [0.15, 0.2) is 30.5 Å². The predicted octanol–water partition coefficient (Wildman–Crippen LogP) is 3.38. The van der Waals surface area contributed by atoms with Crippen LogP contribution in [0.4, 0.5) is 45.1 Å². The lowest BCUT2D eigenvalue weighted by Crippen LogP contribution is -2.22. The summed E-state index contributed by atoms with van der Waals surface area (Å²) in [6, 6.07) is 5.41. The molecule has 130 valence electrons. The second-order valence-corrected chi connectivity index (χ2v) is 4.49. The molecule has 0 bridgehead atoms. The lowest BCUT2D eigenvalue weighted by Gasteiger charge is -2.12. The summed E-state index contributed by atoms with van der Waals surface area (Å²) >= 11 is 0. The van der Waals surface area contributed by atoms with Crippen molar-refractivity contribution in [2.45, 2.75) is 12.8 Å². The van der Waals surface area contributed by atoms with Crippen molar-refractivity contribution in [1.29, 1.82) is 0 Å². The molecule has 0 aliphatic heterocycles. The summed E-state index contributed by atoms with van der Waals surface area (Å²) in [5, 5.41) is 4.77. The van der Waals surface area contributed by atoms with Crippen molar-refractivity contribution < 1.29 is 26.7 Å². The molecule has 4 N–H and O–H groups in total. The van der Waals surface area contributed by atoms with Crippen molar-refractivity contribution in [2.75, 3.05) is 22.9 Å². The number of nitrogens with zero attached hydrogens (tertiary/aromatic N) is 2. The molecule has 0 saturated heterocycles. The van der Waals surface area contributed by atoms with Crippen molar-refractivity contribution in [3.63, 3.8) is 0 Å². The fourth-order valence-electron chi connectivity index (χ4n) is 1.61. The first kappa shape index (κ1) is 17.5. The number of rotatable bonds is 6. The Morgan fingerprint density at radius 1 is 1.17 bits per heavy atom. The van der Waals surface area contributed by atoms with Gasteiger partial charge in [0.05, 0.1) is 11.9 Å². The van der Waals surface area contributed by atoms with E-state index in [1.807, 2.05) is 5.32 Å². The fraction of sp³-hybridized carbons (Fsp3) is 0.231. The molecule has 1 heterocycles. The largest absolute Gasteiger partial charge is 0.435 e. The molecule has 2 rings (SSSR count). The van der Waals surface area contributed by atoms with Gasteiger partial charge >= 0.3 is 12.8 Å². The lowest BCUT2D eigenvalue weighted by molar-refractivity contribution is -0.115. The molecule has 0 amide bonds. The summed E-state index contributed by atoms with van der Waals surface area (Å²) in [6.07, 6.45) is -3.28. The van der Waals surface area contributed by atoms with Crippen molar-refractivity contribution in [3.05, 3.63) is 30.5 Å². The van der Waals surface area contributed by atoms with E-state index in [4.69, 9.17) is 5.73 Å². The molecule has 1 aromatic carbocycles. The average Bonchev–Trinajstić information content (AvgIpc) is 2.48. The van der Waals surface area contributed by atoms with Gasteiger partial charge in [0.2, 0.25) is 5.95 Å².